The van der Waals surface area contributed by atoms with E-state index in [0.717, 1.165) is 51.5 Å². The molecule has 2 amide bonds. The average Bonchev–Trinajstić information content (AvgIpc) is 2.76. The first-order chi connectivity index (χ1) is 14.6. The molecule has 0 saturated carbocycles. The zero-order valence-electron chi connectivity index (χ0n) is 17.0. The van der Waals surface area contributed by atoms with Crippen molar-refractivity contribution >= 4 is 29.2 Å². The molecular weight excluding hydrogens is 427 g/mol. The summed E-state index contributed by atoms with van der Waals surface area (Å²) < 4.78 is 11.1. The summed E-state index contributed by atoms with van der Waals surface area (Å²) in [5, 5.41) is 6.74. The Morgan fingerprint density at radius 3 is 2.67 bits per heavy atom. The maximum absolute atomic E-state index is 12.0. The van der Waals surface area contributed by atoms with E-state index in [0.29, 0.717) is 36.3 Å². The Bertz CT molecular complexity index is 762. The van der Waals surface area contributed by atoms with Gasteiger partial charge in [-0.25, -0.2) is 4.79 Å². The molecule has 2 N–H and O–H groups in total. The van der Waals surface area contributed by atoms with Crippen molar-refractivity contribution in [1.29, 1.82) is 0 Å². The summed E-state index contributed by atoms with van der Waals surface area (Å²) in [6, 6.07) is 5.44. The van der Waals surface area contributed by atoms with Crippen LogP contribution in [0.3, 0.4) is 0 Å². The lowest BCUT2D eigenvalue weighted by molar-refractivity contribution is -0.0286. The van der Waals surface area contributed by atoms with Gasteiger partial charge in [0.15, 0.2) is 0 Å². The number of nitrogens with zero attached hydrogens (tertiary/aromatic N) is 2. The van der Waals surface area contributed by atoms with E-state index in [1.54, 1.807) is 0 Å². The number of hydrogen-bond donors (Lipinski definition) is 2. The van der Waals surface area contributed by atoms with Crippen LogP contribution in [0.15, 0.2) is 18.2 Å². The Morgan fingerprint density at radius 1 is 1.07 bits per heavy atom. The minimum absolute atomic E-state index is 0.0559. The molecule has 2 aliphatic heterocycles. The first-order valence-corrected chi connectivity index (χ1v) is 10.9. The molecule has 9 heteroatoms. The summed E-state index contributed by atoms with van der Waals surface area (Å²) in [6.45, 7) is 7.78. The molecule has 1 atom stereocenters. The van der Waals surface area contributed by atoms with Crippen LogP contribution in [-0.2, 0) is 16.0 Å². The first kappa shape index (κ1) is 23.1. The highest BCUT2D eigenvalue weighted by atomic mass is 35.5. The van der Waals surface area contributed by atoms with Crippen LogP contribution in [0.2, 0.25) is 10.0 Å². The lowest BCUT2D eigenvalue weighted by Crippen LogP contribution is -2.48. The molecule has 30 heavy (non-hydrogen) atoms. The molecule has 2 saturated heterocycles. The standard InChI is InChI=1S/C21H28Cl2N4O3/c22-19-4-3-17(13-20(19)23)15-27-9-12-30-18(16-27)14-25-21(28)24-5-1-2-6-26-7-10-29-11-8-26/h3-4,13,18H,5-12,14-16H2,(H2,24,25,28). The number of benzene rings is 1. The van der Waals surface area contributed by atoms with Crippen molar-refractivity contribution in [3.8, 4) is 11.8 Å². The number of nitrogens with one attached hydrogen (secondary N) is 2. The van der Waals surface area contributed by atoms with Gasteiger partial charge in [-0.15, -0.1) is 0 Å². The Labute approximate surface area is 188 Å². The first-order valence-electron chi connectivity index (χ1n) is 10.2. The van der Waals surface area contributed by atoms with Crippen LogP contribution < -0.4 is 10.6 Å². The van der Waals surface area contributed by atoms with E-state index in [-0.39, 0.29) is 12.1 Å². The Balaban J connectivity index is 1.31. The maximum Gasteiger partial charge on any atom is 0.315 e. The molecule has 0 aliphatic carbocycles. The Kier molecular flexibility index (Phi) is 9.53. The molecule has 0 radical (unpaired) electrons. The van der Waals surface area contributed by atoms with Gasteiger partial charge in [0.05, 0.1) is 49.1 Å². The quantitative estimate of drug-likeness (QED) is 0.641. The van der Waals surface area contributed by atoms with E-state index in [4.69, 9.17) is 32.7 Å². The third kappa shape index (κ3) is 7.95. The van der Waals surface area contributed by atoms with Gasteiger partial charge in [-0.05, 0) is 17.7 Å². The fourth-order valence-corrected chi connectivity index (χ4v) is 3.65. The molecule has 2 fully saturated rings. The molecule has 1 unspecified atom stereocenters. The van der Waals surface area contributed by atoms with Crippen molar-refractivity contribution in [1.82, 2.24) is 20.4 Å². The average molecular weight is 455 g/mol. The number of hydrogen-bond acceptors (Lipinski definition) is 5. The van der Waals surface area contributed by atoms with Crippen LogP contribution in [0.5, 0.6) is 0 Å². The lowest BCUT2D eigenvalue weighted by atomic mass is 10.2. The molecule has 0 spiro atoms. The molecule has 2 aliphatic rings. The predicted molar refractivity (Wildman–Crippen MR) is 118 cm³/mol. The highest BCUT2D eigenvalue weighted by Gasteiger charge is 2.21. The van der Waals surface area contributed by atoms with Gasteiger partial charge in [0.25, 0.3) is 0 Å². The third-order valence-electron chi connectivity index (χ3n) is 4.97. The van der Waals surface area contributed by atoms with Gasteiger partial charge in [-0.1, -0.05) is 41.1 Å². The van der Waals surface area contributed by atoms with Crippen molar-refractivity contribution in [3.05, 3.63) is 33.8 Å². The molecule has 0 bridgehead atoms. The zero-order valence-corrected chi connectivity index (χ0v) is 18.5. The van der Waals surface area contributed by atoms with Crippen LogP contribution in [-0.4, -0.2) is 87.6 Å². The molecule has 2 heterocycles. The van der Waals surface area contributed by atoms with E-state index in [2.05, 4.69) is 32.3 Å². The maximum atomic E-state index is 12.0. The van der Waals surface area contributed by atoms with Crippen LogP contribution in [0.25, 0.3) is 0 Å². The van der Waals surface area contributed by atoms with Crippen molar-refractivity contribution < 1.29 is 14.3 Å². The third-order valence-corrected chi connectivity index (χ3v) is 5.71. The van der Waals surface area contributed by atoms with Crippen molar-refractivity contribution in [3.63, 3.8) is 0 Å². The van der Waals surface area contributed by atoms with E-state index in [1.165, 1.54) is 0 Å². The lowest BCUT2D eigenvalue weighted by Gasteiger charge is -2.33. The number of rotatable bonds is 6. The molecule has 7 nitrogen and oxygen atoms in total. The number of urea groups is 1. The van der Waals surface area contributed by atoms with Gasteiger partial charge in [0.1, 0.15) is 0 Å². The number of ether oxygens (including phenoxy) is 2. The highest BCUT2D eigenvalue weighted by molar-refractivity contribution is 6.42. The Hall–Kier alpha value is -1.53. The minimum Gasteiger partial charge on any atom is -0.379 e. The normalized spacial score (nSPS) is 20.3. The van der Waals surface area contributed by atoms with Crippen LogP contribution in [0.1, 0.15) is 5.56 Å². The monoisotopic (exact) mass is 454 g/mol. The van der Waals surface area contributed by atoms with Crippen LogP contribution >= 0.6 is 23.2 Å². The fourth-order valence-electron chi connectivity index (χ4n) is 3.33. The smallest absolute Gasteiger partial charge is 0.315 e. The summed E-state index contributed by atoms with van der Waals surface area (Å²) in [7, 11) is 0. The number of halogens is 2. The second-order valence-electron chi connectivity index (χ2n) is 7.28. The van der Waals surface area contributed by atoms with Crippen LogP contribution in [0, 0.1) is 11.8 Å². The molecule has 1 aromatic carbocycles. The summed E-state index contributed by atoms with van der Waals surface area (Å²) in [5.41, 5.74) is 1.10. The molecule has 0 aromatic heterocycles. The summed E-state index contributed by atoms with van der Waals surface area (Å²) >= 11 is 12.1. The second-order valence-corrected chi connectivity index (χ2v) is 8.10. The van der Waals surface area contributed by atoms with Gasteiger partial charge in [-0.3, -0.25) is 9.80 Å². The second kappa shape index (κ2) is 12.4. The largest absolute Gasteiger partial charge is 0.379 e. The highest BCUT2D eigenvalue weighted by Crippen LogP contribution is 2.23. The van der Waals surface area contributed by atoms with Gasteiger partial charge in [0, 0.05) is 39.3 Å². The number of carbonyl (C=O) groups is 1. The topological polar surface area (TPSA) is 66.1 Å². The van der Waals surface area contributed by atoms with Gasteiger partial charge < -0.3 is 20.1 Å². The van der Waals surface area contributed by atoms with Crippen LogP contribution in [0.4, 0.5) is 4.79 Å². The van der Waals surface area contributed by atoms with E-state index < -0.39 is 0 Å². The van der Waals surface area contributed by atoms with Gasteiger partial charge in [-0.2, -0.15) is 0 Å². The predicted octanol–water partition coefficient (Wildman–Crippen LogP) is 1.83. The summed E-state index contributed by atoms with van der Waals surface area (Å²) in [4.78, 5) is 16.5. The SMILES string of the molecule is O=C(NCC#CCN1CCOCC1)NCC1CN(Cc2ccc(Cl)c(Cl)c2)CCO1. The molecule has 164 valence electrons. The fraction of sp³-hybridized carbons (Fsp3) is 0.571. The summed E-state index contributed by atoms with van der Waals surface area (Å²) in [6.07, 6.45) is -0.0559. The van der Waals surface area contributed by atoms with Gasteiger partial charge in [0.2, 0.25) is 0 Å². The van der Waals surface area contributed by atoms with Crippen molar-refractivity contribution in [2.45, 2.75) is 12.6 Å². The van der Waals surface area contributed by atoms with Gasteiger partial charge >= 0.3 is 6.03 Å². The molecule has 3 rings (SSSR count). The number of amides is 2. The number of morpholine rings is 2. The van der Waals surface area contributed by atoms with Crippen molar-refractivity contribution in [2.24, 2.45) is 0 Å². The van der Waals surface area contributed by atoms with E-state index >= 15 is 0 Å². The zero-order chi connectivity index (χ0) is 21.2. The summed E-state index contributed by atoms with van der Waals surface area (Å²) in [5.74, 6) is 6.06. The minimum atomic E-state index is -0.235. The van der Waals surface area contributed by atoms with E-state index in [9.17, 15) is 4.79 Å². The number of carbonyl (C=O) groups excluding carboxylic acids is 1. The van der Waals surface area contributed by atoms with E-state index in [1.807, 2.05) is 18.2 Å². The Morgan fingerprint density at radius 2 is 1.87 bits per heavy atom. The molecule has 1 aromatic rings. The molecular formula is C21H28Cl2N4O3. The van der Waals surface area contributed by atoms with Crippen molar-refractivity contribution in [2.75, 3.05) is 65.6 Å².